The summed E-state index contributed by atoms with van der Waals surface area (Å²) >= 11 is 0. The summed E-state index contributed by atoms with van der Waals surface area (Å²) in [5, 5.41) is 9.66. The molecule has 0 fully saturated rings. The van der Waals surface area contributed by atoms with Crippen LogP contribution in [0.2, 0.25) is 0 Å². The first-order valence-electron chi connectivity index (χ1n) is 5.23. The maximum absolute atomic E-state index is 10.1. The standard InChI is InChI=1S/C10H15N3O4/c1-2-3-8-16-10-6-4-9(5-7-10)12(11)17-13(14)15/h4-7H,2-3,8,11H2,1H3. The number of ether oxygens (including phenoxy) is 1. The van der Waals surface area contributed by atoms with Gasteiger partial charge in [0.25, 0.3) is 0 Å². The van der Waals surface area contributed by atoms with Crippen molar-refractivity contribution in [3.05, 3.63) is 34.4 Å². The molecule has 1 rings (SSSR count). The topological polar surface area (TPSA) is 90.9 Å². The smallest absolute Gasteiger partial charge is 0.318 e. The van der Waals surface area contributed by atoms with E-state index in [-0.39, 0.29) is 0 Å². The number of anilines is 1. The van der Waals surface area contributed by atoms with Gasteiger partial charge < -0.3 is 4.74 Å². The molecule has 7 heteroatoms. The molecule has 0 saturated carbocycles. The van der Waals surface area contributed by atoms with E-state index in [1.807, 2.05) is 0 Å². The third-order valence-corrected chi connectivity index (χ3v) is 2.01. The summed E-state index contributed by atoms with van der Waals surface area (Å²) in [6, 6.07) is 6.50. The van der Waals surface area contributed by atoms with Gasteiger partial charge in [-0.1, -0.05) is 13.3 Å². The Morgan fingerprint density at radius 3 is 2.59 bits per heavy atom. The van der Waals surface area contributed by atoms with E-state index in [1.54, 1.807) is 24.3 Å². The molecular weight excluding hydrogens is 226 g/mol. The van der Waals surface area contributed by atoms with Crippen LogP contribution in [0.15, 0.2) is 24.3 Å². The van der Waals surface area contributed by atoms with Gasteiger partial charge in [-0.15, -0.1) is 15.3 Å². The van der Waals surface area contributed by atoms with Gasteiger partial charge in [0, 0.05) is 0 Å². The highest BCUT2D eigenvalue weighted by molar-refractivity contribution is 5.45. The Morgan fingerprint density at radius 2 is 2.06 bits per heavy atom. The van der Waals surface area contributed by atoms with Crippen LogP contribution in [0.1, 0.15) is 19.8 Å². The molecule has 0 spiro atoms. The Hall–Kier alpha value is -2.02. The van der Waals surface area contributed by atoms with Crippen molar-refractivity contribution >= 4 is 5.69 Å². The average Bonchev–Trinajstić information content (AvgIpc) is 2.29. The van der Waals surface area contributed by atoms with Gasteiger partial charge in [0.1, 0.15) is 5.75 Å². The summed E-state index contributed by atoms with van der Waals surface area (Å²) in [4.78, 5) is 14.1. The maximum atomic E-state index is 10.1. The first kappa shape index (κ1) is 13.0. The largest absolute Gasteiger partial charge is 0.494 e. The van der Waals surface area contributed by atoms with Crippen molar-refractivity contribution in [2.24, 2.45) is 5.84 Å². The van der Waals surface area contributed by atoms with Crippen molar-refractivity contribution in [1.82, 2.24) is 0 Å². The molecule has 0 amide bonds. The molecule has 0 aliphatic heterocycles. The fraction of sp³-hybridized carbons (Fsp3) is 0.400. The quantitative estimate of drug-likeness (QED) is 0.338. The molecule has 0 aliphatic carbocycles. The first-order chi connectivity index (χ1) is 8.13. The molecule has 0 radical (unpaired) electrons. The van der Waals surface area contributed by atoms with Gasteiger partial charge in [0.2, 0.25) is 0 Å². The van der Waals surface area contributed by atoms with Crippen molar-refractivity contribution < 1.29 is 14.8 Å². The highest BCUT2D eigenvalue weighted by atomic mass is 17.0. The molecule has 1 aromatic carbocycles. The predicted octanol–water partition coefficient (Wildman–Crippen LogP) is 1.67. The normalized spacial score (nSPS) is 9.76. The Bertz CT molecular complexity index is 355. The molecule has 94 valence electrons. The summed E-state index contributed by atoms with van der Waals surface area (Å²) in [7, 11) is 0. The Morgan fingerprint density at radius 1 is 1.41 bits per heavy atom. The predicted molar refractivity (Wildman–Crippen MR) is 61.6 cm³/mol. The number of benzene rings is 1. The first-order valence-corrected chi connectivity index (χ1v) is 5.23. The van der Waals surface area contributed by atoms with E-state index in [2.05, 4.69) is 11.9 Å². The number of hydrazine groups is 1. The van der Waals surface area contributed by atoms with Crippen LogP contribution in [0.3, 0.4) is 0 Å². The van der Waals surface area contributed by atoms with Crippen molar-refractivity contribution in [2.75, 3.05) is 11.8 Å². The number of unbranched alkanes of at least 4 members (excludes halogenated alkanes) is 1. The third kappa shape index (κ3) is 4.56. The molecule has 0 aromatic heterocycles. The van der Waals surface area contributed by atoms with E-state index in [0.29, 0.717) is 23.2 Å². The van der Waals surface area contributed by atoms with Crippen molar-refractivity contribution in [2.45, 2.75) is 19.8 Å². The summed E-state index contributed by atoms with van der Waals surface area (Å²) in [5.74, 6) is 5.99. The molecular formula is C10H15N3O4. The Labute approximate surface area is 98.7 Å². The third-order valence-electron chi connectivity index (χ3n) is 2.01. The van der Waals surface area contributed by atoms with Gasteiger partial charge in [-0.2, -0.15) is 4.94 Å². The monoisotopic (exact) mass is 241 g/mol. The van der Waals surface area contributed by atoms with Crippen LogP contribution in [-0.2, 0) is 4.94 Å². The molecule has 0 bridgehead atoms. The maximum Gasteiger partial charge on any atom is 0.318 e. The molecule has 17 heavy (non-hydrogen) atoms. The van der Waals surface area contributed by atoms with Gasteiger partial charge in [-0.05, 0) is 30.7 Å². The molecule has 0 atom stereocenters. The van der Waals surface area contributed by atoms with E-state index in [4.69, 9.17) is 10.6 Å². The molecule has 7 nitrogen and oxygen atoms in total. The van der Waals surface area contributed by atoms with Gasteiger partial charge in [-0.25, -0.2) is 5.84 Å². The second-order valence-corrected chi connectivity index (χ2v) is 3.33. The highest BCUT2D eigenvalue weighted by Crippen LogP contribution is 2.18. The Balaban J connectivity index is 2.52. The lowest BCUT2D eigenvalue weighted by Crippen LogP contribution is -2.33. The summed E-state index contributed by atoms with van der Waals surface area (Å²) in [5.41, 5.74) is 0.365. The minimum absolute atomic E-state index is 0.365. The van der Waals surface area contributed by atoms with Crippen LogP contribution in [0.25, 0.3) is 0 Å². The zero-order chi connectivity index (χ0) is 12.7. The van der Waals surface area contributed by atoms with Crippen LogP contribution < -0.4 is 15.8 Å². The van der Waals surface area contributed by atoms with Crippen LogP contribution in [-0.4, -0.2) is 11.7 Å². The Kier molecular flexibility index (Phi) is 5.02. The second-order valence-electron chi connectivity index (χ2n) is 3.33. The number of nitrogens with two attached hydrogens (primary N) is 1. The van der Waals surface area contributed by atoms with Crippen LogP contribution in [0.5, 0.6) is 5.75 Å². The molecule has 0 heterocycles. The lowest BCUT2D eigenvalue weighted by Gasteiger charge is -2.14. The molecule has 0 unspecified atom stereocenters. The lowest BCUT2D eigenvalue weighted by atomic mass is 10.3. The molecule has 2 N–H and O–H groups in total. The van der Waals surface area contributed by atoms with E-state index >= 15 is 0 Å². The lowest BCUT2D eigenvalue weighted by molar-refractivity contribution is -0.762. The van der Waals surface area contributed by atoms with Crippen molar-refractivity contribution in [1.29, 1.82) is 0 Å². The fourth-order valence-corrected chi connectivity index (χ4v) is 1.14. The van der Waals surface area contributed by atoms with Gasteiger partial charge in [-0.3, -0.25) is 0 Å². The summed E-state index contributed by atoms with van der Waals surface area (Å²) < 4.78 is 5.43. The number of rotatable bonds is 7. The summed E-state index contributed by atoms with van der Waals surface area (Å²) in [6.45, 7) is 2.72. The van der Waals surface area contributed by atoms with Crippen LogP contribution in [0, 0.1) is 10.1 Å². The number of hydrogen-bond donors (Lipinski definition) is 1. The highest BCUT2D eigenvalue weighted by Gasteiger charge is 2.06. The van der Waals surface area contributed by atoms with E-state index in [0.717, 1.165) is 12.8 Å². The zero-order valence-corrected chi connectivity index (χ0v) is 9.54. The van der Waals surface area contributed by atoms with Crippen LogP contribution in [0.4, 0.5) is 5.69 Å². The van der Waals surface area contributed by atoms with Gasteiger partial charge in [0.15, 0.2) is 0 Å². The van der Waals surface area contributed by atoms with E-state index in [9.17, 15) is 10.1 Å². The molecule has 0 aliphatic rings. The van der Waals surface area contributed by atoms with E-state index in [1.165, 1.54) is 0 Å². The van der Waals surface area contributed by atoms with E-state index < -0.39 is 5.09 Å². The second kappa shape index (κ2) is 6.54. The minimum atomic E-state index is -0.980. The average molecular weight is 241 g/mol. The van der Waals surface area contributed by atoms with Crippen molar-refractivity contribution in [3.63, 3.8) is 0 Å². The van der Waals surface area contributed by atoms with Crippen LogP contribution >= 0.6 is 0 Å². The SMILES string of the molecule is CCCCOc1ccc(N(N)O[N+](=O)[O-])cc1. The number of nitrogens with zero attached hydrogens (tertiary/aromatic N) is 2. The van der Waals surface area contributed by atoms with Gasteiger partial charge >= 0.3 is 5.09 Å². The molecule has 1 aromatic rings. The van der Waals surface area contributed by atoms with Crippen molar-refractivity contribution in [3.8, 4) is 5.75 Å². The summed E-state index contributed by atoms with van der Waals surface area (Å²) in [6.07, 6.45) is 2.04. The number of hydrogen-bond acceptors (Lipinski definition) is 6. The minimum Gasteiger partial charge on any atom is -0.494 e. The molecule has 0 saturated heterocycles. The van der Waals surface area contributed by atoms with Gasteiger partial charge in [0.05, 0.1) is 12.3 Å². The fourth-order valence-electron chi connectivity index (χ4n) is 1.14. The zero-order valence-electron chi connectivity index (χ0n) is 9.54.